The van der Waals surface area contributed by atoms with E-state index in [0.29, 0.717) is 11.5 Å². The largest absolute Gasteiger partial charge is 0.453 e. The Morgan fingerprint density at radius 1 is 1.13 bits per heavy atom. The molecule has 2 aromatic rings. The van der Waals surface area contributed by atoms with Crippen LogP contribution >= 0.6 is 0 Å². The van der Waals surface area contributed by atoms with Crippen molar-refractivity contribution < 1.29 is 23.8 Å². The minimum absolute atomic E-state index is 0.0900. The number of hydrogen-bond donors (Lipinski definition) is 0. The highest BCUT2D eigenvalue weighted by Gasteiger charge is 2.37. The molecule has 0 amide bonds. The summed E-state index contributed by atoms with van der Waals surface area (Å²) < 4.78 is 16.6. The van der Waals surface area contributed by atoms with Crippen molar-refractivity contribution in [1.82, 2.24) is 0 Å². The smallest absolute Gasteiger partial charge is 0.308 e. The molecule has 23 heavy (non-hydrogen) atoms. The van der Waals surface area contributed by atoms with Crippen molar-refractivity contribution in [3.8, 4) is 11.5 Å². The zero-order chi connectivity index (χ0) is 16.6. The van der Waals surface area contributed by atoms with E-state index >= 15 is 0 Å². The first kappa shape index (κ1) is 15.3. The van der Waals surface area contributed by atoms with Gasteiger partial charge in [0.2, 0.25) is 0 Å². The van der Waals surface area contributed by atoms with Crippen LogP contribution < -0.4 is 9.47 Å². The van der Waals surface area contributed by atoms with Crippen LogP contribution in [0.25, 0.3) is 10.8 Å². The van der Waals surface area contributed by atoms with Gasteiger partial charge in [0.05, 0.1) is 5.92 Å². The molecule has 0 radical (unpaired) electrons. The summed E-state index contributed by atoms with van der Waals surface area (Å²) in [5.41, 5.74) is 0.897. The number of ether oxygens (including phenoxy) is 3. The highest BCUT2D eigenvalue weighted by atomic mass is 16.7. The molecule has 5 nitrogen and oxygen atoms in total. The van der Waals surface area contributed by atoms with E-state index in [0.717, 1.165) is 22.8 Å². The van der Waals surface area contributed by atoms with Gasteiger partial charge in [-0.1, -0.05) is 31.2 Å². The Morgan fingerprint density at radius 2 is 1.83 bits per heavy atom. The van der Waals surface area contributed by atoms with Gasteiger partial charge >= 0.3 is 11.9 Å². The van der Waals surface area contributed by atoms with Gasteiger partial charge < -0.3 is 14.2 Å². The molecule has 5 heteroatoms. The standard InChI is InChI=1S/C18H18O5/c1-4-12-15-9-16(21-10(2)19)13-7-5-6-8-14(13)17(15)23-18(12)22-11(3)20/h5-9,12,18H,4H2,1-3H3/t12-,18-/m1/s1. The van der Waals surface area contributed by atoms with Gasteiger partial charge in [-0.15, -0.1) is 0 Å². The number of carbonyl (C=O) groups excluding carboxylic acids is 2. The van der Waals surface area contributed by atoms with Crippen LogP contribution in [0.4, 0.5) is 0 Å². The minimum atomic E-state index is -0.650. The van der Waals surface area contributed by atoms with E-state index in [1.807, 2.05) is 37.3 Å². The zero-order valence-corrected chi connectivity index (χ0v) is 13.3. The second kappa shape index (κ2) is 5.91. The van der Waals surface area contributed by atoms with Crippen molar-refractivity contribution in [1.29, 1.82) is 0 Å². The van der Waals surface area contributed by atoms with Crippen LogP contribution in [-0.2, 0) is 14.3 Å². The molecule has 0 bridgehead atoms. The molecule has 3 rings (SSSR count). The molecule has 0 N–H and O–H groups in total. The summed E-state index contributed by atoms with van der Waals surface area (Å²) in [5, 5.41) is 1.63. The number of benzene rings is 2. The highest BCUT2D eigenvalue weighted by molar-refractivity contribution is 5.96. The number of esters is 2. The van der Waals surface area contributed by atoms with Crippen molar-refractivity contribution in [3.63, 3.8) is 0 Å². The molecule has 1 aliphatic rings. The molecule has 0 saturated heterocycles. The maximum Gasteiger partial charge on any atom is 0.308 e. The molecule has 0 saturated carbocycles. The monoisotopic (exact) mass is 314 g/mol. The first-order valence-electron chi connectivity index (χ1n) is 7.59. The minimum Gasteiger partial charge on any atom is -0.453 e. The van der Waals surface area contributed by atoms with E-state index in [2.05, 4.69) is 0 Å². The van der Waals surface area contributed by atoms with Gasteiger partial charge in [-0.3, -0.25) is 9.59 Å². The molecule has 120 valence electrons. The van der Waals surface area contributed by atoms with E-state index < -0.39 is 6.29 Å². The Morgan fingerprint density at radius 3 is 2.43 bits per heavy atom. The Kier molecular flexibility index (Phi) is 3.94. The quantitative estimate of drug-likeness (QED) is 0.640. The summed E-state index contributed by atoms with van der Waals surface area (Å²) in [6.07, 6.45) is 0.0893. The van der Waals surface area contributed by atoms with Gasteiger partial charge in [0.15, 0.2) is 0 Å². The predicted molar refractivity (Wildman–Crippen MR) is 84.5 cm³/mol. The average Bonchev–Trinajstić information content (AvgIpc) is 2.83. The van der Waals surface area contributed by atoms with Crippen molar-refractivity contribution in [2.24, 2.45) is 0 Å². The van der Waals surface area contributed by atoms with E-state index in [-0.39, 0.29) is 17.9 Å². The van der Waals surface area contributed by atoms with Gasteiger partial charge in [0, 0.05) is 30.2 Å². The summed E-state index contributed by atoms with van der Waals surface area (Å²) in [6.45, 7) is 4.74. The maximum absolute atomic E-state index is 11.4. The number of hydrogen-bond acceptors (Lipinski definition) is 5. The molecular formula is C18H18O5. The normalized spacial score (nSPS) is 19.1. The summed E-state index contributed by atoms with van der Waals surface area (Å²) in [4.78, 5) is 22.7. The van der Waals surface area contributed by atoms with Crippen LogP contribution in [0.3, 0.4) is 0 Å². The molecular weight excluding hydrogens is 296 g/mol. The van der Waals surface area contributed by atoms with E-state index in [4.69, 9.17) is 14.2 Å². The number of fused-ring (bicyclic) bond motifs is 3. The third-order valence-electron chi connectivity index (χ3n) is 3.92. The lowest BCUT2D eigenvalue weighted by molar-refractivity contribution is -0.161. The molecule has 0 spiro atoms. The Hall–Kier alpha value is -2.56. The Balaban J connectivity index is 2.16. The lowest BCUT2D eigenvalue weighted by Crippen LogP contribution is -2.24. The third-order valence-corrected chi connectivity index (χ3v) is 3.92. The Labute approximate surface area is 134 Å². The molecule has 2 aromatic carbocycles. The van der Waals surface area contributed by atoms with E-state index in [1.165, 1.54) is 13.8 Å². The van der Waals surface area contributed by atoms with Gasteiger partial charge in [-0.2, -0.15) is 0 Å². The fraction of sp³-hybridized carbons (Fsp3) is 0.333. The van der Waals surface area contributed by atoms with Crippen LogP contribution in [0.2, 0.25) is 0 Å². The van der Waals surface area contributed by atoms with Gasteiger partial charge in [0.25, 0.3) is 6.29 Å². The maximum atomic E-state index is 11.4. The van der Waals surface area contributed by atoms with Gasteiger partial charge in [0.1, 0.15) is 11.5 Å². The van der Waals surface area contributed by atoms with Crippen molar-refractivity contribution >= 4 is 22.7 Å². The number of carbonyl (C=O) groups is 2. The summed E-state index contributed by atoms with van der Waals surface area (Å²) >= 11 is 0. The number of rotatable bonds is 3. The topological polar surface area (TPSA) is 61.8 Å². The molecule has 0 aliphatic carbocycles. The highest BCUT2D eigenvalue weighted by Crippen LogP contribution is 2.47. The van der Waals surface area contributed by atoms with Gasteiger partial charge in [-0.05, 0) is 12.5 Å². The summed E-state index contributed by atoms with van der Waals surface area (Å²) in [7, 11) is 0. The van der Waals surface area contributed by atoms with Crippen molar-refractivity contribution in [3.05, 3.63) is 35.9 Å². The van der Waals surface area contributed by atoms with Crippen LogP contribution in [0.5, 0.6) is 11.5 Å². The van der Waals surface area contributed by atoms with Gasteiger partial charge in [-0.25, -0.2) is 0 Å². The molecule has 0 fully saturated rings. The third kappa shape index (κ3) is 2.74. The van der Waals surface area contributed by atoms with Crippen molar-refractivity contribution in [2.75, 3.05) is 0 Å². The molecule has 1 heterocycles. The predicted octanol–water partition coefficient (Wildman–Crippen LogP) is 3.54. The average molecular weight is 314 g/mol. The Bertz CT molecular complexity index is 780. The van der Waals surface area contributed by atoms with E-state index in [1.54, 1.807) is 0 Å². The second-order valence-corrected chi connectivity index (χ2v) is 5.54. The first-order valence-corrected chi connectivity index (χ1v) is 7.59. The van der Waals surface area contributed by atoms with Crippen LogP contribution in [0, 0.1) is 0 Å². The van der Waals surface area contributed by atoms with Crippen LogP contribution in [-0.4, -0.2) is 18.2 Å². The second-order valence-electron chi connectivity index (χ2n) is 5.54. The lowest BCUT2D eigenvalue weighted by atomic mass is 9.94. The molecule has 1 aliphatic heterocycles. The van der Waals surface area contributed by atoms with Crippen LogP contribution in [0.1, 0.15) is 38.7 Å². The van der Waals surface area contributed by atoms with Crippen LogP contribution in [0.15, 0.2) is 30.3 Å². The molecule has 0 unspecified atom stereocenters. The lowest BCUT2D eigenvalue weighted by Gasteiger charge is -2.16. The SMILES string of the molecule is CC[C@@H]1c2cc(OC(C)=O)c3ccccc3c2O[C@H]1OC(C)=O. The fourth-order valence-electron chi connectivity index (χ4n) is 3.01. The fourth-order valence-corrected chi connectivity index (χ4v) is 3.01. The zero-order valence-electron chi connectivity index (χ0n) is 13.3. The van der Waals surface area contributed by atoms with E-state index in [9.17, 15) is 9.59 Å². The summed E-state index contributed by atoms with van der Waals surface area (Å²) in [6, 6.07) is 9.36. The summed E-state index contributed by atoms with van der Waals surface area (Å²) in [5.74, 6) is 0.337. The first-order chi connectivity index (χ1) is 11.0. The molecule has 2 atom stereocenters. The van der Waals surface area contributed by atoms with Crippen molar-refractivity contribution in [2.45, 2.75) is 39.4 Å². The molecule has 0 aromatic heterocycles.